The Morgan fingerprint density at radius 3 is 1.67 bits per heavy atom. The third kappa shape index (κ3) is 6.09. The SMILES string of the molecule is c1ccc(-c2ccc(-c3nc(-c4ccccc4)nc(-c4cc(-c5ccc6sc7ccccc7c6c5)cc(-c5ccc6ccc7cccnc7c6n5)c4)n3)cc2)cc1. The zero-order valence-electron chi connectivity index (χ0n) is 30.5. The normalized spacial score (nSPS) is 11.5. The van der Waals surface area contributed by atoms with Crippen LogP contribution in [0.3, 0.4) is 0 Å². The fourth-order valence-corrected chi connectivity index (χ4v) is 8.74. The van der Waals surface area contributed by atoms with Gasteiger partial charge in [0.05, 0.1) is 16.7 Å². The summed E-state index contributed by atoms with van der Waals surface area (Å²) in [6.07, 6.45) is 1.83. The Bertz CT molecular complexity index is 3290. The van der Waals surface area contributed by atoms with E-state index in [0.717, 1.165) is 72.0 Å². The summed E-state index contributed by atoms with van der Waals surface area (Å²) in [4.78, 5) is 25.4. The molecule has 5 nitrogen and oxygen atoms in total. The van der Waals surface area contributed by atoms with Crippen molar-refractivity contribution >= 4 is 53.3 Å². The molecule has 7 aromatic carbocycles. The van der Waals surface area contributed by atoms with Gasteiger partial charge in [0.1, 0.15) is 0 Å². The van der Waals surface area contributed by atoms with Crippen molar-refractivity contribution in [3.8, 4) is 67.7 Å². The van der Waals surface area contributed by atoms with Gasteiger partial charge in [0.25, 0.3) is 0 Å². The summed E-state index contributed by atoms with van der Waals surface area (Å²) in [6.45, 7) is 0. The van der Waals surface area contributed by atoms with Gasteiger partial charge in [0.15, 0.2) is 17.5 Å². The first kappa shape index (κ1) is 33.0. The minimum atomic E-state index is 0.587. The lowest BCUT2D eigenvalue weighted by Gasteiger charge is -2.13. The van der Waals surface area contributed by atoms with E-state index in [1.54, 1.807) is 0 Å². The van der Waals surface area contributed by atoms with E-state index in [4.69, 9.17) is 24.9 Å². The molecule has 0 saturated heterocycles. The molecule has 6 heteroatoms. The molecule has 0 aliphatic rings. The second-order valence-corrected chi connectivity index (χ2v) is 15.2. The number of nitrogens with zero attached hydrogens (tertiary/aromatic N) is 5. The summed E-state index contributed by atoms with van der Waals surface area (Å²) in [6, 6.07) is 63.4. The van der Waals surface area contributed by atoms with Crippen molar-refractivity contribution in [1.29, 1.82) is 0 Å². The molecule has 0 saturated carbocycles. The van der Waals surface area contributed by atoms with E-state index in [2.05, 4.69) is 140 Å². The summed E-state index contributed by atoms with van der Waals surface area (Å²) in [5, 5.41) is 4.61. The van der Waals surface area contributed by atoms with Crippen molar-refractivity contribution in [3.63, 3.8) is 0 Å². The average molecular weight is 746 g/mol. The molecule has 0 bridgehead atoms. The summed E-state index contributed by atoms with van der Waals surface area (Å²) < 4.78 is 2.54. The van der Waals surface area contributed by atoms with Crippen LogP contribution in [0, 0.1) is 0 Å². The first-order valence-electron chi connectivity index (χ1n) is 18.9. The van der Waals surface area contributed by atoms with Crippen LogP contribution in [0.2, 0.25) is 0 Å². The van der Waals surface area contributed by atoms with Crippen molar-refractivity contribution in [2.24, 2.45) is 0 Å². The smallest absolute Gasteiger partial charge is 0.164 e. The van der Waals surface area contributed by atoms with Crippen LogP contribution in [-0.4, -0.2) is 24.9 Å². The van der Waals surface area contributed by atoms with Crippen molar-refractivity contribution in [1.82, 2.24) is 24.9 Å². The molecule has 0 atom stereocenters. The van der Waals surface area contributed by atoms with Crippen LogP contribution in [-0.2, 0) is 0 Å². The molecule has 4 aromatic heterocycles. The molecule has 0 aliphatic carbocycles. The van der Waals surface area contributed by atoms with E-state index in [1.165, 1.54) is 20.2 Å². The largest absolute Gasteiger partial charge is 0.254 e. The van der Waals surface area contributed by atoms with Crippen molar-refractivity contribution < 1.29 is 0 Å². The summed E-state index contributed by atoms with van der Waals surface area (Å²) in [5.41, 5.74) is 10.7. The predicted molar refractivity (Wildman–Crippen MR) is 236 cm³/mol. The number of rotatable bonds is 6. The predicted octanol–water partition coefficient (Wildman–Crippen LogP) is 13.3. The zero-order valence-corrected chi connectivity index (χ0v) is 31.4. The Balaban J connectivity index is 1.12. The van der Waals surface area contributed by atoms with Gasteiger partial charge in [-0.15, -0.1) is 11.3 Å². The van der Waals surface area contributed by atoms with Gasteiger partial charge in [-0.1, -0.05) is 133 Å². The standard InChI is InChI=1S/C51H31N5S/c1-3-10-32(11-4-1)33-17-21-37(22-18-33)50-54-49(36-12-5-2-6-13-36)55-51(56-50)41-29-39(38-24-26-46-43(31-38)42-15-7-8-16-45(42)57-46)28-40(30-41)44-25-23-35-20-19-34-14-9-27-52-47(34)48(35)53-44/h1-31H. The number of pyridine rings is 2. The van der Waals surface area contributed by atoms with Gasteiger partial charge in [0.2, 0.25) is 0 Å². The van der Waals surface area contributed by atoms with Crippen molar-refractivity contribution in [3.05, 3.63) is 188 Å². The van der Waals surface area contributed by atoms with E-state index in [0.29, 0.717) is 17.5 Å². The molecule has 0 radical (unpaired) electrons. The van der Waals surface area contributed by atoms with Gasteiger partial charge in [-0.25, -0.2) is 19.9 Å². The first-order chi connectivity index (χ1) is 28.2. The molecule has 0 N–H and O–H groups in total. The Kier molecular flexibility index (Phi) is 7.93. The number of aromatic nitrogens is 5. The highest BCUT2D eigenvalue weighted by atomic mass is 32.1. The van der Waals surface area contributed by atoms with Crippen molar-refractivity contribution in [2.45, 2.75) is 0 Å². The molecular formula is C51H31N5S. The Morgan fingerprint density at radius 2 is 0.877 bits per heavy atom. The molecule has 57 heavy (non-hydrogen) atoms. The molecular weight excluding hydrogens is 715 g/mol. The minimum absolute atomic E-state index is 0.587. The highest BCUT2D eigenvalue weighted by Gasteiger charge is 2.17. The number of hydrogen-bond acceptors (Lipinski definition) is 6. The van der Waals surface area contributed by atoms with Crippen LogP contribution in [0.4, 0.5) is 0 Å². The van der Waals surface area contributed by atoms with Gasteiger partial charge < -0.3 is 0 Å². The van der Waals surface area contributed by atoms with Gasteiger partial charge >= 0.3 is 0 Å². The quantitative estimate of drug-likeness (QED) is 0.159. The summed E-state index contributed by atoms with van der Waals surface area (Å²) in [7, 11) is 0. The van der Waals surface area contributed by atoms with Gasteiger partial charge in [-0.2, -0.15) is 0 Å². The van der Waals surface area contributed by atoms with Crippen LogP contribution >= 0.6 is 11.3 Å². The molecule has 11 aromatic rings. The summed E-state index contributed by atoms with van der Waals surface area (Å²) >= 11 is 1.82. The molecule has 0 fully saturated rings. The zero-order chi connectivity index (χ0) is 37.7. The van der Waals surface area contributed by atoms with E-state index in [1.807, 2.05) is 60.0 Å². The molecule has 266 valence electrons. The minimum Gasteiger partial charge on any atom is -0.254 e. The van der Waals surface area contributed by atoms with E-state index >= 15 is 0 Å². The Morgan fingerprint density at radius 1 is 0.316 bits per heavy atom. The molecule has 0 spiro atoms. The van der Waals surface area contributed by atoms with Crippen LogP contribution in [0.5, 0.6) is 0 Å². The molecule has 4 heterocycles. The van der Waals surface area contributed by atoms with Crippen LogP contribution in [0.25, 0.3) is 110 Å². The van der Waals surface area contributed by atoms with Gasteiger partial charge in [0, 0.05) is 59.4 Å². The second kappa shape index (κ2) is 13.7. The van der Waals surface area contributed by atoms with Crippen molar-refractivity contribution in [2.75, 3.05) is 0 Å². The highest BCUT2D eigenvalue weighted by Crippen LogP contribution is 2.39. The Hall–Kier alpha value is -7.41. The fraction of sp³-hybridized carbons (Fsp3) is 0. The number of benzene rings is 7. The maximum absolute atomic E-state index is 5.28. The third-order valence-electron chi connectivity index (χ3n) is 10.5. The number of thiophene rings is 1. The lowest BCUT2D eigenvalue weighted by molar-refractivity contribution is 1.07. The molecule has 11 rings (SSSR count). The van der Waals surface area contributed by atoms with Crippen LogP contribution in [0.1, 0.15) is 0 Å². The molecule has 0 aliphatic heterocycles. The summed E-state index contributed by atoms with van der Waals surface area (Å²) in [5.74, 6) is 1.81. The van der Waals surface area contributed by atoms with Gasteiger partial charge in [-0.3, -0.25) is 4.98 Å². The monoisotopic (exact) mass is 745 g/mol. The highest BCUT2D eigenvalue weighted by molar-refractivity contribution is 7.25. The lowest BCUT2D eigenvalue weighted by atomic mass is 9.96. The third-order valence-corrected chi connectivity index (χ3v) is 11.7. The van der Waals surface area contributed by atoms with Gasteiger partial charge in [-0.05, 0) is 70.8 Å². The maximum atomic E-state index is 5.28. The van der Waals surface area contributed by atoms with E-state index in [9.17, 15) is 0 Å². The topological polar surface area (TPSA) is 64.5 Å². The molecule has 0 amide bonds. The number of hydrogen-bond donors (Lipinski definition) is 0. The molecule has 0 unspecified atom stereocenters. The Labute approximate surface area is 332 Å². The lowest BCUT2D eigenvalue weighted by Crippen LogP contribution is -2.01. The number of fused-ring (bicyclic) bond motifs is 6. The maximum Gasteiger partial charge on any atom is 0.164 e. The van der Waals surface area contributed by atoms with E-state index < -0.39 is 0 Å². The van der Waals surface area contributed by atoms with Crippen LogP contribution in [0.15, 0.2) is 188 Å². The van der Waals surface area contributed by atoms with Crippen LogP contribution < -0.4 is 0 Å². The fourth-order valence-electron chi connectivity index (χ4n) is 7.65. The average Bonchev–Trinajstić information content (AvgIpc) is 3.67. The van der Waals surface area contributed by atoms with E-state index in [-0.39, 0.29) is 0 Å². The second-order valence-electron chi connectivity index (χ2n) is 14.1. The first-order valence-corrected chi connectivity index (χ1v) is 19.7.